The molecule has 5 heteroatoms. The quantitative estimate of drug-likeness (QED) is 0.362. The van der Waals surface area contributed by atoms with Crippen LogP contribution in [0.4, 0.5) is 22.0 Å². The molecule has 154 valence electrons. The summed E-state index contributed by atoms with van der Waals surface area (Å²) in [4.78, 5) is 0. The maximum Gasteiger partial charge on any atom is 0.458 e. The van der Waals surface area contributed by atoms with Crippen LogP contribution in [0.3, 0.4) is 0 Å². The van der Waals surface area contributed by atoms with Crippen molar-refractivity contribution in [3.05, 3.63) is 59.2 Å². The molecule has 0 heterocycles. The van der Waals surface area contributed by atoms with Crippen molar-refractivity contribution in [1.29, 1.82) is 0 Å². The SMILES string of the molecule is CCCC1CCC(c2ccc(-c3cc(F)c(C#CC(F)(F)F)c(F)c3)cc2)CC1. The highest BCUT2D eigenvalue weighted by atomic mass is 19.4. The Balaban J connectivity index is 1.75. The predicted octanol–water partition coefficient (Wildman–Crippen LogP) is 7.62. The number of hydrogen-bond donors (Lipinski definition) is 0. The van der Waals surface area contributed by atoms with Crippen LogP contribution in [0.5, 0.6) is 0 Å². The second kappa shape index (κ2) is 8.98. The molecular weight excluding hydrogens is 383 g/mol. The van der Waals surface area contributed by atoms with E-state index in [0.29, 0.717) is 11.5 Å². The third-order valence-electron chi connectivity index (χ3n) is 5.63. The molecule has 0 aromatic heterocycles. The van der Waals surface area contributed by atoms with Crippen molar-refractivity contribution in [1.82, 2.24) is 0 Å². The minimum atomic E-state index is -4.80. The smallest absolute Gasteiger partial charge is 0.205 e. The predicted molar refractivity (Wildman–Crippen MR) is 104 cm³/mol. The van der Waals surface area contributed by atoms with Crippen LogP contribution in [0.15, 0.2) is 36.4 Å². The summed E-state index contributed by atoms with van der Waals surface area (Å²) in [6.07, 6.45) is 2.47. The van der Waals surface area contributed by atoms with Gasteiger partial charge in [-0.15, -0.1) is 0 Å². The molecule has 0 amide bonds. The van der Waals surface area contributed by atoms with Crippen LogP contribution in [0, 0.1) is 29.4 Å². The standard InChI is InChI=1S/C24H23F5/c1-2-3-16-4-6-17(7-5-16)18-8-10-19(11-9-18)20-14-22(25)21(23(26)15-20)12-13-24(27,28)29/h8-11,14-17H,2-7H2,1H3. The van der Waals surface area contributed by atoms with Crippen LogP contribution in [0.25, 0.3) is 11.1 Å². The molecule has 1 fully saturated rings. The van der Waals surface area contributed by atoms with E-state index in [1.165, 1.54) is 37.2 Å². The van der Waals surface area contributed by atoms with E-state index in [-0.39, 0.29) is 5.56 Å². The molecule has 0 atom stereocenters. The molecule has 0 radical (unpaired) electrons. The van der Waals surface area contributed by atoms with E-state index in [1.807, 2.05) is 24.3 Å². The van der Waals surface area contributed by atoms with Gasteiger partial charge in [0.2, 0.25) is 0 Å². The number of alkyl halides is 3. The fourth-order valence-corrected chi connectivity index (χ4v) is 4.13. The number of rotatable bonds is 4. The van der Waals surface area contributed by atoms with E-state index >= 15 is 0 Å². The molecule has 0 N–H and O–H groups in total. The summed E-state index contributed by atoms with van der Waals surface area (Å²) >= 11 is 0. The number of halogens is 5. The van der Waals surface area contributed by atoms with Gasteiger partial charge in [-0.25, -0.2) is 8.78 Å². The average molecular weight is 406 g/mol. The summed E-state index contributed by atoms with van der Waals surface area (Å²) in [5.74, 6) is 1.56. The number of benzene rings is 2. The lowest BCUT2D eigenvalue weighted by atomic mass is 9.77. The molecular formula is C24H23F5. The van der Waals surface area contributed by atoms with Crippen molar-refractivity contribution in [2.75, 3.05) is 0 Å². The summed E-state index contributed by atoms with van der Waals surface area (Å²) in [7, 11) is 0. The van der Waals surface area contributed by atoms with Gasteiger partial charge in [-0.3, -0.25) is 0 Å². The van der Waals surface area contributed by atoms with E-state index in [9.17, 15) is 22.0 Å². The molecule has 0 spiro atoms. The summed E-state index contributed by atoms with van der Waals surface area (Å²) in [5, 5.41) is 0. The Morgan fingerprint density at radius 2 is 1.48 bits per heavy atom. The van der Waals surface area contributed by atoms with E-state index in [4.69, 9.17) is 0 Å². The highest BCUT2D eigenvalue weighted by Crippen LogP contribution is 2.38. The molecule has 0 bridgehead atoms. The van der Waals surface area contributed by atoms with Crippen LogP contribution in [-0.4, -0.2) is 6.18 Å². The molecule has 0 aliphatic heterocycles. The second-order valence-corrected chi connectivity index (χ2v) is 7.69. The molecule has 29 heavy (non-hydrogen) atoms. The summed E-state index contributed by atoms with van der Waals surface area (Å²) in [6, 6.07) is 9.62. The van der Waals surface area contributed by atoms with Crippen molar-refractivity contribution in [3.63, 3.8) is 0 Å². The van der Waals surface area contributed by atoms with Crippen molar-refractivity contribution in [2.45, 2.75) is 57.5 Å². The summed E-state index contributed by atoms with van der Waals surface area (Å²) in [5.41, 5.74) is 1.24. The average Bonchev–Trinajstić information content (AvgIpc) is 2.67. The van der Waals surface area contributed by atoms with Crippen LogP contribution in [0.2, 0.25) is 0 Å². The van der Waals surface area contributed by atoms with E-state index in [1.54, 1.807) is 0 Å². The molecule has 0 saturated heterocycles. The summed E-state index contributed by atoms with van der Waals surface area (Å²) < 4.78 is 64.8. The monoisotopic (exact) mass is 406 g/mol. The lowest BCUT2D eigenvalue weighted by molar-refractivity contribution is -0.0696. The molecule has 2 aromatic rings. The van der Waals surface area contributed by atoms with Crippen LogP contribution >= 0.6 is 0 Å². The van der Waals surface area contributed by atoms with E-state index in [2.05, 4.69) is 6.92 Å². The molecule has 0 unspecified atom stereocenters. The maximum atomic E-state index is 14.1. The van der Waals surface area contributed by atoms with Gasteiger partial charge in [0, 0.05) is 5.92 Å². The molecule has 2 aromatic carbocycles. The van der Waals surface area contributed by atoms with Gasteiger partial charge in [0.05, 0.1) is 5.56 Å². The highest BCUT2D eigenvalue weighted by Gasteiger charge is 2.24. The molecule has 1 aliphatic carbocycles. The Bertz CT molecular complexity index is 869. The van der Waals surface area contributed by atoms with Crippen LogP contribution in [0.1, 0.15) is 62.5 Å². The molecule has 0 nitrogen and oxygen atoms in total. The third-order valence-corrected chi connectivity index (χ3v) is 5.63. The molecule has 3 rings (SSSR count). The van der Waals surface area contributed by atoms with Crippen molar-refractivity contribution in [3.8, 4) is 23.0 Å². The van der Waals surface area contributed by atoms with Gasteiger partial charge in [-0.05, 0) is 66.3 Å². The Kier molecular flexibility index (Phi) is 6.62. The molecule has 1 saturated carbocycles. The van der Waals surface area contributed by atoms with Crippen LogP contribution in [-0.2, 0) is 0 Å². The lowest BCUT2D eigenvalue weighted by Gasteiger charge is -2.28. The van der Waals surface area contributed by atoms with Crippen molar-refractivity contribution in [2.24, 2.45) is 5.92 Å². The zero-order chi connectivity index (χ0) is 21.0. The first kappa shape index (κ1) is 21.4. The van der Waals surface area contributed by atoms with Gasteiger partial charge < -0.3 is 0 Å². The second-order valence-electron chi connectivity index (χ2n) is 7.69. The van der Waals surface area contributed by atoms with Gasteiger partial charge in [0.1, 0.15) is 11.6 Å². The highest BCUT2D eigenvalue weighted by molar-refractivity contribution is 5.65. The van der Waals surface area contributed by atoms with Crippen molar-refractivity contribution >= 4 is 0 Å². The minimum absolute atomic E-state index is 0.274. The first-order valence-electron chi connectivity index (χ1n) is 9.96. The summed E-state index contributed by atoms with van der Waals surface area (Å²) in [6.45, 7) is 2.21. The third kappa shape index (κ3) is 5.59. The van der Waals surface area contributed by atoms with Gasteiger partial charge in [0.15, 0.2) is 0 Å². The first-order valence-corrected chi connectivity index (χ1v) is 9.96. The fraction of sp³-hybridized carbons (Fsp3) is 0.417. The Morgan fingerprint density at radius 1 is 0.897 bits per heavy atom. The van der Waals surface area contributed by atoms with Gasteiger partial charge in [-0.2, -0.15) is 13.2 Å². The normalized spacial score (nSPS) is 19.5. The van der Waals surface area contributed by atoms with Gasteiger partial charge in [-0.1, -0.05) is 50.0 Å². The van der Waals surface area contributed by atoms with Crippen molar-refractivity contribution < 1.29 is 22.0 Å². The fourth-order valence-electron chi connectivity index (χ4n) is 4.13. The largest absolute Gasteiger partial charge is 0.458 e. The minimum Gasteiger partial charge on any atom is -0.205 e. The van der Waals surface area contributed by atoms with E-state index in [0.717, 1.165) is 36.8 Å². The zero-order valence-corrected chi connectivity index (χ0v) is 16.3. The van der Waals surface area contributed by atoms with Crippen LogP contribution < -0.4 is 0 Å². The topological polar surface area (TPSA) is 0 Å². The first-order chi connectivity index (χ1) is 13.8. The maximum absolute atomic E-state index is 14.1. The Labute approximate surface area is 168 Å². The lowest BCUT2D eigenvalue weighted by Crippen LogP contribution is -2.13. The van der Waals surface area contributed by atoms with Gasteiger partial charge >= 0.3 is 6.18 Å². The van der Waals surface area contributed by atoms with Gasteiger partial charge in [0.25, 0.3) is 0 Å². The number of hydrogen-bond acceptors (Lipinski definition) is 0. The molecule has 1 aliphatic rings. The van der Waals surface area contributed by atoms with E-state index < -0.39 is 23.4 Å². The Morgan fingerprint density at radius 3 is 2.00 bits per heavy atom. The Hall–Kier alpha value is -2.35. The zero-order valence-electron chi connectivity index (χ0n) is 16.3.